The van der Waals surface area contributed by atoms with Crippen molar-refractivity contribution in [2.45, 2.75) is 109 Å². The van der Waals surface area contributed by atoms with Crippen molar-refractivity contribution in [2.75, 3.05) is 6.61 Å². The normalized spacial score (nSPS) is 14.6. The van der Waals surface area contributed by atoms with Gasteiger partial charge in [0, 0.05) is 0 Å². The molecule has 0 aromatic carbocycles. The van der Waals surface area contributed by atoms with E-state index in [2.05, 4.69) is 11.4 Å². The van der Waals surface area contributed by atoms with Gasteiger partial charge in [0.2, 0.25) is 0 Å². The first kappa shape index (κ1) is 25.0. The SMILES string of the molecule is CCCCCCCCCCCCC(O)CCC(O)CCOP(=O)(O)O. The molecule has 0 aliphatic carbocycles. The molecule has 2 unspecified atom stereocenters. The molecular formula is C18H39O6P. The molecule has 25 heavy (non-hydrogen) atoms. The molecule has 0 saturated carbocycles. The molecule has 0 aromatic heterocycles. The van der Waals surface area contributed by atoms with E-state index in [-0.39, 0.29) is 13.0 Å². The number of hydrogen-bond acceptors (Lipinski definition) is 4. The van der Waals surface area contributed by atoms with Crippen molar-refractivity contribution in [3.05, 3.63) is 0 Å². The van der Waals surface area contributed by atoms with E-state index in [4.69, 9.17) is 9.79 Å². The molecule has 0 rings (SSSR count). The van der Waals surface area contributed by atoms with Gasteiger partial charge >= 0.3 is 7.82 Å². The van der Waals surface area contributed by atoms with Gasteiger partial charge in [0.15, 0.2) is 0 Å². The van der Waals surface area contributed by atoms with Crippen molar-refractivity contribution in [3.63, 3.8) is 0 Å². The fraction of sp³-hybridized carbons (Fsp3) is 1.00. The molecule has 0 spiro atoms. The van der Waals surface area contributed by atoms with Crippen LogP contribution in [0.2, 0.25) is 0 Å². The van der Waals surface area contributed by atoms with Gasteiger partial charge in [-0.1, -0.05) is 71.1 Å². The van der Waals surface area contributed by atoms with Gasteiger partial charge in [-0.3, -0.25) is 4.52 Å². The topological polar surface area (TPSA) is 107 Å². The smallest absolute Gasteiger partial charge is 0.393 e. The first-order valence-electron chi connectivity index (χ1n) is 9.91. The number of aliphatic hydroxyl groups is 2. The fourth-order valence-corrected chi connectivity index (χ4v) is 3.19. The van der Waals surface area contributed by atoms with E-state index in [1.807, 2.05) is 0 Å². The second kappa shape index (κ2) is 16.2. The predicted octanol–water partition coefficient (Wildman–Crippen LogP) is 4.30. The van der Waals surface area contributed by atoms with Gasteiger partial charge in [0.05, 0.1) is 18.8 Å². The van der Waals surface area contributed by atoms with E-state index in [1.54, 1.807) is 0 Å². The van der Waals surface area contributed by atoms with Crippen LogP contribution in [0.1, 0.15) is 96.8 Å². The standard InChI is InChI=1S/C18H39O6P/c1-2-3-4-5-6-7-8-9-10-11-12-17(19)13-14-18(20)15-16-24-25(21,22)23/h17-20H,2-16H2,1H3,(H2,21,22,23). The Balaban J connectivity index is 3.37. The van der Waals surface area contributed by atoms with Crippen LogP contribution in [0.4, 0.5) is 0 Å². The molecule has 0 radical (unpaired) electrons. The van der Waals surface area contributed by atoms with Crippen molar-refractivity contribution in [1.29, 1.82) is 0 Å². The van der Waals surface area contributed by atoms with E-state index >= 15 is 0 Å². The lowest BCUT2D eigenvalue weighted by Gasteiger charge is -2.14. The van der Waals surface area contributed by atoms with Crippen LogP contribution < -0.4 is 0 Å². The molecule has 152 valence electrons. The van der Waals surface area contributed by atoms with Crippen LogP contribution in [0.5, 0.6) is 0 Å². The van der Waals surface area contributed by atoms with Gasteiger partial charge in [-0.05, 0) is 25.7 Å². The highest BCUT2D eigenvalue weighted by Crippen LogP contribution is 2.35. The van der Waals surface area contributed by atoms with Crippen molar-refractivity contribution >= 4 is 7.82 Å². The summed E-state index contributed by atoms with van der Waals surface area (Å²) in [6.07, 6.45) is 13.4. The average Bonchev–Trinajstić information content (AvgIpc) is 2.53. The summed E-state index contributed by atoms with van der Waals surface area (Å²) in [5.41, 5.74) is 0. The molecular weight excluding hydrogens is 343 g/mol. The maximum Gasteiger partial charge on any atom is 0.469 e. The molecule has 0 amide bonds. The van der Waals surface area contributed by atoms with Crippen LogP contribution in [0.3, 0.4) is 0 Å². The summed E-state index contributed by atoms with van der Waals surface area (Å²) in [5, 5.41) is 19.6. The summed E-state index contributed by atoms with van der Waals surface area (Å²) < 4.78 is 14.8. The van der Waals surface area contributed by atoms with Crippen LogP contribution in [0.15, 0.2) is 0 Å². The minimum atomic E-state index is -4.45. The van der Waals surface area contributed by atoms with Crippen molar-refractivity contribution < 1.29 is 29.1 Å². The van der Waals surface area contributed by atoms with Gasteiger partial charge in [-0.25, -0.2) is 4.57 Å². The lowest BCUT2D eigenvalue weighted by atomic mass is 10.0. The third kappa shape index (κ3) is 20.2. The van der Waals surface area contributed by atoms with Crippen molar-refractivity contribution in [3.8, 4) is 0 Å². The minimum Gasteiger partial charge on any atom is -0.393 e. The number of unbranched alkanes of at least 4 members (excludes halogenated alkanes) is 9. The average molecular weight is 382 g/mol. The third-order valence-corrected chi connectivity index (χ3v) is 4.95. The number of phosphoric acid groups is 1. The molecule has 0 heterocycles. The number of hydrogen-bond donors (Lipinski definition) is 4. The Morgan fingerprint density at radius 1 is 0.720 bits per heavy atom. The second-order valence-corrected chi connectivity index (χ2v) is 8.21. The summed E-state index contributed by atoms with van der Waals surface area (Å²) in [6.45, 7) is 2.05. The molecule has 7 heteroatoms. The lowest BCUT2D eigenvalue weighted by Crippen LogP contribution is -2.15. The molecule has 0 saturated heterocycles. The molecule has 0 aliphatic heterocycles. The molecule has 6 nitrogen and oxygen atoms in total. The summed E-state index contributed by atoms with van der Waals surface area (Å²) in [4.78, 5) is 17.1. The predicted molar refractivity (Wildman–Crippen MR) is 100 cm³/mol. The van der Waals surface area contributed by atoms with Crippen LogP contribution in [0.25, 0.3) is 0 Å². The quantitative estimate of drug-likeness (QED) is 0.208. The first-order chi connectivity index (χ1) is 11.8. The van der Waals surface area contributed by atoms with Gasteiger partial charge in [-0.2, -0.15) is 0 Å². The van der Waals surface area contributed by atoms with E-state index in [9.17, 15) is 14.8 Å². The zero-order valence-electron chi connectivity index (χ0n) is 15.8. The van der Waals surface area contributed by atoms with Gasteiger partial charge in [0.25, 0.3) is 0 Å². The Morgan fingerprint density at radius 3 is 1.64 bits per heavy atom. The molecule has 0 fully saturated rings. The van der Waals surface area contributed by atoms with Gasteiger partial charge < -0.3 is 20.0 Å². The van der Waals surface area contributed by atoms with Crippen LogP contribution in [-0.2, 0) is 9.09 Å². The molecule has 0 aromatic rings. The Bertz CT molecular complexity index is 334. The van der Waals surface area contributed by atoms with E-state index < -0.39 is 20.0 Å². The Hall–Kier alpha value is 0.0300. The molecule has 4 N–H and O–H groups in total. The fourth-order valence-electron chi connectivity index (χ4n) is 2.85. The van der Waals surface area contributed by atoms with Crippen molar-refractivity contribution in [2.24, 2.45) is 0 Å². The largest absolute Gasteiger partial charge is 0.469 e. The molecule has 0 bridgehead atoms. The third-order valence-electron chi connectivity index (χ3n) is 4.43. The monoisotopic (exact) mass is 382 g/mol. The second-order valence-electron chi connectivity index (χ2n) is 6.97. The highest BCUT2D eigenvalue weighted by molar-refractivity contribution is 7.46. The summed E-state index contributed by atoms with van der Waals surface area (Å²) in [5.74, 6) is 0. The van der Waals surface area contributed by atoms with E-state index in [0.717, 1.165) is 19.3 Å². The zero-order chi connectivity index (χ0) is 19.0. The van der Waals surface area contributed by atoms with Crippen LogP contribution in [0, 0.1) is 0 Å². The lowest BCUT2D eigenvalue weighted by molar-refractivity contribution is 0.0873. The first-order valence-corrected chi connectivity index (χ1v) is 11.4. The van der Waals surface area contributed by atoms with E-state index in [1.165, 1.54) is 51.4 Å². The molecule has 2 atom stereocenters. The number of phosphoric ester groups is 1. The van der Waals surface area contributed by atoms with Crippen LogP contribution in [-0.4, -0.2) is 38.8 Å². The maximum absolute atomic E-state index is 10.5. The highest BCUT2D eigenvalue weighted by atomic mass is 31.2. The molecule has 0 aliphatic rings. The number of aliphatic hydroxyl groups excluding tert-OH is 2. The summed E-state index contributed by atoms with van der Waals surface area (Å²) in [6, 6.07) is 0. The summed E-state index contributed by atoms with van der Waals surface area (Å²) >= 11 is 0. The van der Waals surface area contributed by atoms with Gasteiger partial charge in [-0.15, -0.1) is 0 Å². The minimum absolute atomic E-state index is 0.163. The van der Waals surface area contributed by atoms with E-state index in [0.29, 0.717) is 12.8 Å². The van der Waals surface area contributed by atoms with Crippen LogP contribution >= 0.6 is 7.82 Å². The number of rotatable bonds is 18. The van der Waals surface area contributed by atoms with Gasteiger partial charge in [0.1, 0.15) is 0 Å². The summed E-state index contributed by atoms with van der Waals surface area (Å²) in [7, 11) is -4.45. The zero-order valence-corrected chi connectivity index (χ0v) is 16.7. The highest BCUT2D eigenvalue weighted by Gasteiger charge is 2.15. The Labute approximate surface area is 153 Å². The Morgan fingerprint density at radius 2 is 1.16 bits per heavy atom. The maximum atomic E-state index is 10.5. The van der Waals surface area contributed by atoms with Crippen molar-refractivity contribution in [1.82, 2.24) is 0 Å². The Kier molecular flexibility index (Phi) is 16.2.